The zero-order valence-corrected chi connectivity index (χ0v) is 16.3. The molecule has 2 saturated carbocycles. The fourth-order valence-electron chi connectivity index (χ4n) is 4.78. The number of rotatable bonds is 4. The van der Waals surface area contributed by atoms with Crippen LogP contribution in [-0.2, 0) is 4.79 Å². The monoisotopic (exact) mass is 358 g/mol. The highest BCUT2D eigenvalue weighted by Crippen LogP contribution is 2.64. The SMILES string of the molecule is Cc1[nH]nc(C(=O)N2CC(NC(=O)CC3CC4(CC4)C3)C(C)(C)C2)c1C. The van der Waals surface area contributed by atoms with Gasteiger partial charge in [-0.25, -0.2) is 0 Å². The molecule has 1 aliphatic heterocycles. The number of H-pyrrole nitrogens is 1. The molecule has 0 aromatic carbocycles. The molecule has 2 N–H and O–H groups in total. The minimum Gasteiger partial charge on any atom is -0.351 e. The largest absolute Gasteiger partial charge is 0.351 e. The number of hydrogen-bond acceptors (Lipinski definition) is 3. The molecule has 0 radical (unpaired) electrons. The Kier molecular flexibility index (Phi) is 3.93. The van der Waals surface area contributed by atoms with Crippen molar-refractivity contribution >= 4 is 11.8 Å². The average Bonchev–Trinajstić information content (AvgIpc) is 3.18. The third-order valence-electron chi connectivity index (χ3n) is 6.90. The van der Waals surface area contributed by atoms with Crippen molar-refractivity contribution in [2.24, 2.45) is 16.7 Å². The van der Waals surface area contributed by atoms with E-state index < -0.39 is 0 Å². The Balaban J connectivity index is 1.35. The number of aromatic amines is 1. The lowest BCUT2D eigenvalue weighted by molar-refractivity contribution is -0.124. The Morgan fingerprint density at radius 3 is 2.54 bits per heavy atom. The van der Waals surface area contributed by atoms with Gasteiger partial charge >= 0.3 is 0 Å². The number of hydrogen-bond donors (Lipinski definition) is 2. The fourth-order valence-corrected chi connectivity index (χ4v) is 4.78. The molecular weight excluding hydrogens is 328 g/mol. The maximum absolute atomic E-state index is 12.8. The molecule has 4 rings (SSSR count). The maximum atomic E-state index is 12.8. The molecule has 3 fully saturated rings. The molecule has 3 aliphatic rings. The summed E-state index contributed by atoms with van der Waals surface area (Å²) in [6, 6.07) is -0.00532. The number of nitrogens with one attached hydrogen (secondary N) is 2. The molecule has 0 bridgehead atoms. The molecule has 2 aliphatic carbocycles. The van der Waals surface area contributed by atoms with E-state index in [1.807, 2.05) is 18.7 Å². The molecule has 1 atom stereocenters. The third kappa shape index (κ3) is 3.03. The van der Waals surface area contributed by atoms with Gasteiger partial charge in [-0.1, -0.05) is 13.8 Å². The van der Waals surface area contributed by atoms with Gasteiger partial charge in [-0.2, -0.15) is 5.10 Å². The second-order valence-electron chi connectivity index (χ2n) is 9.59. The van der Waals surface area contributed by atoms with E-state index in [1.54, 1.807) is 0 Å². The molecule has 142 valence electrons. The minimum atomic E-state index is -0.137. The summed E-state index contributed by atoms with van der Waals surface area (Å²) in [5.41, 5.74) is 2.82. The lowest BCUT2D eigenvalue weighted by atomic mass is 9.70. The smallest absolute Gasteiger partial charge is 0.274 e. The summed E-state index contributed by atoms with van der Waals surface area (Å²) in [7, 11) is 0. The zero-order chi connectivity index (χ0) is 18.7. The molecule has 6 heteroatoms. The van der Waals surface area contributed by atoms with Crippen LogP contribution in [0, 0.1) is 30.6 Å². The van der Waals surface area contributed by atoms with Gasteiger partial charge in [0, 0.05) is 36.2 Å². The topological polar surface area (TPSA) is 78.1 Å². The Labute approximate surface area is 155 Å². The van der Waals surface area contributed by atoms with E-state index in [4.69, 9.17) is 0 Å². The Morgan fingerprint density at radius 2 is 1.96 bits per heavy atom. The highest BCUT2D eigenvalue weighted by Gasteiger charge is 2.53. The van der Waals surface area contributed by atoms with Gasteiger partial charge < -0.3 is 10.2 Å². The van der Waals surface area contributed by atoms with E-state index in [-0.39, 0.29) is 23.3 Å². The van der Waals surface area contributed by atoms with Gasteiger partial charge in [0.05, 0.1) is 6.04 Å². The fraction of sp³-hybridized carbons (Fsp3) is 0.750. The van der Waals surface area contributed by atoms with E-state index in [2.05, 4.69) is 29.4 Å². The van der Waals surface area contributed by atoms with Gasteiger partial charge in [0.1, 0.15) is 0 Å². The van der Waals surface area contributed by atoms with Crippen molar-refractivity contribution in [3.05, 3.63) is 17.0 Å². The molecular formula is C20H30N4O2. The Morgan fingerprint density at radius 1 is 1.27 bits per heavy atom. The van der Waals surface area contributed by atoms with Gasteiger partial charge in [0.15, 0.2) is 5.69 Å². The van der Waals surface area contributed by atoms with Crippen LogP contribution < -0.4 is 5.32 Å². The molecule has 1 spiro atoms. The number of likely N-dealkylation sites (tertiary alicyclic amines) is 1. The Bertz CT molecular complexity index is 739. The second-order valence-corrected chi connectivity index (χ2v) is 9.59. The van der Waals surface area contributed by atoms with Crippen molar-refractivity contribution in [2.75, 3.05) is 13.1 Å². The molecule has 1 aromatic heterocycles. The van der Waals surface area contributed by atoms with E-state index >= 15 is 0 Å². The zero-order valence-electron chi connectivity index (χ0n) is 16.3. The van der Waals surface area contributed by atoms with Crippen LogP contribution in [0.1, 0.15) is 67.7 Å². The highest BCUT2D eigenvalue weighted by molar-refractivity contribution is 5.94. The predicted octanol–water partition coefficient (Wildman–Crippen LogP) is 2.57. The standard InChI is InChI=1S/C20H30N4O2/c1-12-13(2)22-23-17(12)18(26)24-10-15(19(3,4)11-24)21-16(25)7-14-8-20(9-14)5-6-20/h14-15H,5-11H2,1-4H3,(H,21,25)(H,22,23). The lowest BCUT2D eigenvalue weighted by Crippen LogP contribution is -2.45. The average molecular weight is 358 g/mol. The third-order valence-corrected chi connectivity index (χ3v) is 6.90. The van der Waals surface area contributed by atoms with Gasteiger partial charge in [0.25, 0.3) is 5.91 Å². The maximum Gasteiger partial charge on any atom is 0.274 e. The van der Waals surface area contributed by atoms with Gasteiger partial charge in [-0.15, -0.1) is 0 Å². The van der Waals surface area contributed by atoms with Crippen LogP contribution in [0.2, 0.25) is 0 Å². The first-order chi connectivity index (χ1) is 12.2. The number of aromatic nitrogens is 2. The van der Waals surface area contributed by atoms with E-state index in [0.717, 1.165) is 11.3 Å². The first-order valence-corrected chi connectivity index (χ1v) is 9.79. The first-order valence-electron chi connectivity index (χ1n) is 9.79. The van der Waals surface area contributed by atoms with Gasteiger partial charge in [-0.3, -0.25) is 14.7 Å². The van der Waals surface area contributed by atoms with Crippen molar-refractivity contribution in [3.8, 4) is 0 Å². The molecule has 1 aromatic rings. The lowest BCUT2D eigenvalue weighted by Gasteiger charge is -2.36. The summed E-state index contributed by atoms with van der Waals surface area (Å²) in [5, 5.41) is 10.3. The van der Waals surface area contributed by atoms with Crippen molar-refractivity contribution in [1.29, 1.82) is 0 Å². The predicted molar refractivity (Wildman–Crippen MR) is 98.7 cm³/mol. The van der Waals surface area contributed by atoms with Crippen molar-refractivity contribution < 1.29 is 9.59 Å². The molecule has 1 unspecified atom stereocenters. The van der Waals surface area contributed by atoms with E-state index in [9.17, 15) is 9.59 Å². The van der Waals surface area contributed by atoms with E-state index in [1.165, 1.54) is 25.7 Å². The van der Waals surface area contributed by atoms with Crippen LogP contribution in [0.4, 0.5) is 0 Å². The summed E-state index contributed by atoms with van der Waals surface area (Å²) < 4.78 is 0. The normalized spacial score (nSPS) is 26.0. The number of amides is 2. The first kappa shape index (κ1) is 17.6. The van der Waals surface area contributed by atoms with Crippen molar-refractivity contribution in [3.63, 3.8) is 0 Å². The number of nitrogens with zero attached hydrogens (tertiary/aromatic N) is 2. The summed E-state index contributed by atoms with van der Waals surface area (Å²) in [4.78, 5) is 27.2. The molecule has 26 heavy (non-hydrogen) atoms. The molecule has 2 amide bonds. The minimum absolute atomic E-state index is 0.00532. The van der Waals surface area contributed by atoms with Crippen LogP contribution in [0.5, 0.6) is 0 Å². The second kappa shape index (κ2) is 5.83. The molecule has 1 saturated heterocycles. The van der Waals surface area contributed by atoms with Crippen LogP contribution in [0.15, 0.2) is 0 Å². The van der Waals surface area contributed by atoms with Crippen molar-refractivity contribution in [2.45, 2.75) is 65.8 Å². The van der Waals surface area contributed by atoms with E-state index in [0.29, 0.717) is 36.5 Å². The quantitative estimate of drug-likeness (QED) is 0.868. The summed E-state index contributed by atoms with van der Waals surface area (Å²) in [6.45, 7) is 9.26. The molecule has 6 nitrogen and oxygen atoms in total. The summed E-state index contributed by atoms with van der Waals surface area (Å²) in [6.07, 6.45) is 5.83. The summed E-state index contributed by atoms with van der Waals surface area (Å²) >= 11 is 0. The highest BCUT2D eigenvalue weighted by atomic mass is 16.2. The van der Waals surface area contributed by atoms with Crippen LogP contribution >= 0.6 is 0 Å². The number of carbonyl (C=O) groups is 2. The van der Waals surface area contributed by atoms with Crippen LogP contribution in [0.3, 0.4) is 0 Å². The van der Waals surface area contributed by atoms with Gasteiger partial charge in [-0.05, 0) is 50.9 Å². The van der Waals surface area contributed by atoms with Crippen LogP contribution in [0.25, 0.3) is 0 Å². The van der Waals surface area contributed by atoms with Crippen molar-refractivity contribution in [1.82, 2.24) is 20.4 Å². The van der Waals surface area contributed by atoms with Gasteiger partial charge in [0.2, 0.25) is 5.91 Å². The Hall–Kier alpha value is -1.85. The summed E-state index contributed by atoms with van der Waals surface area (Å²) in [5.74, 6) is 0.658. The molecule has 2 heterocycles. The number of carbonyl (C=O) groups excluding carboxylic acids is 2. The van der Waals surface area contributed by atoms with Crippen LogP contribution in [-0.4, -0.2) is 46.0 Å². The number of aryl methyl sites for hydroxylation is 1.